The lowest BCUT2D eigenvalue weighted by atomic mass is 10.2. The normalized spacial score (nSPS) is 18.2. The SMILES string of the molecule is CC(C)(C)OC(=O)N1CC(=O)N(CC=O)CC(OCc2cccc(F)c2)C1. The van der Waals surface area contributed by atoms with Crippen molar-refractivity contribution in [2.24, 2.45) is 0 Å². The molecule has 1 unspecified atom stereocenters. The maximum absolute atomic E-state index is 13.3. The van der Waals surface area contributed by atoms with Crippen LogP contribution < -0.4 is 0 Å². The van der Waals surface area contributed by atoms with E-state index in [2.05, 4.69) is 0 Å². The maximum atomic E-state index is 13.3. The minimum atomic E-state index is -0.702. The largest absolute Gasteiger partial charge is 0.444 e. The fourth-order valence-electron chi connectivity index (χ4n) is 2.66. The molecular weight excluding hydrogens is 355 g/mol. The monoisotopic (exact) mass is 380 g/mol. The highest BCUT2D eigenvalue weighted by Crippen LogP contribution is 2.15. The van der Waals surface area contributed by atoms with Gasteiger partial charge in [-0.15, -0.1) is 0 Å². The molecule has 1 fully saturated rings. The number of benzene rings is 1. The number of aldehydes is 1. The van der Waals surface area contributed by atoms with Crippen LogP contribution in [0.1, 0.15) is 26.3 Å². The van der Waals surface area contributed by atoms with Gasteiger partial charge in [-0.05, 0) is 38.5 Å². The molecule has 27 heavy (non-hydrogen) atoms. The summed E-state index contributed by atoms with van der Waals surface area (Å²) in [5.74, 6) is -0.727. The van der Waals surface area contributed by atoms with Gasteiger partial charge in [0, 0.05) is 6.54 Å². The smallest absolute Gasteiger partial charge is 0.410 e. The third kappa shape index (κ3) is 6.63. The number of hydrogen-bond donors (Lipinski definition) is 0. The highest BCUT2D eigenvalue weighted by molar-refractivity contribution is 5.84. The van der Waals surface area contributed by atoms with E-state index in [1.54, 1.807) is 32.9 Å². The van der Waals surface area contributed by atoms with Crippen LogP contribution in [0.4, 0.5) is 9.18 Å². The minimum absolute atomic E-state index is 0.0825. The number of halogens is 1. The van der Waals surface area contributed by atoms with Crippen LogP contribution in [0, 0.1) is 5.82 Å². The number of amides is 2. The van der Waals surface area contributed by atoms with Crippen LogP contribution in [0.15, 0.2) is 24.3 Å². The number of nitrogens with zero attached hydrogens (tertiary/aromatic N) is 2. The second-order valence-corrected chi connectivity index (χ2v) is 7.39. The van der Waals surface area contributed by atoms with Crippen molar-refractivity contribution in [2.45, 2.75) is 39.1 Å². The molecule has 0 bridgehead atoms. The van der Waals surface area contributed by atoms with E-state index in [0.29, 0.717) is 11.8 Å². The fraction of sp³-hybridized carbons (Fsp3) is 0.526. The summed E-state index contributed by atoms with van der Waals surface area (Å²) in [7, 11) is 0. The number of hydrogen-bond acceptors (Lipinski definition) is 5. The fourth-order valence-corrected chi connectivity index (χ4v) is 2.66. The lowest BCUT2D eigenvalue weighted by molar-refractivity contribution is -0.133. The number of rotatable bonds is 5. The molecule has 0 aromatic heterocycles. The molecule has 0 radical (unpaired) electrons. The van der Waals surface area contributed by atoms with Crippen molar-refractivity contribution in [3.8, 4) is 0 Å². The first kappa shape index (κ1) is 20.8. The van der Waals surface area contributed by atoms with Crippen molar-refractivity contribution < 1.29 is 28.2 Å². The Morgan fingerprint density at radius 3 is 2.70 bits per heavy atom. The molecule has 8 heteroatoms. The lowest BCUT2D eigenvalue weighted by Crippen LogP contribution is -2.42. The standard InChI is InChI=1S/C19H25FN2O5/c1-19(2,3)27-18(25)22-11-16(10-21(7-8-23)17(24)12-22)26-13-14-5-4-6-15(20)9-14/h4-6,8-9,16H,7,10-13H2,1-3H3. The van der Waals surface area contributed by atoms with E-state index in [9.17, 15) is 18.8 Å². The molecule has 0 aliphatic carbocycles. The molecule has 2 rings (SSSR count). The van der Waals surface area contributed by atoms with Gasteiger partial charge in [-0.2, -0.15) is 0 Å². The van der Waals surface area contributed by atoms with E-state index in [0.717, 1.165) is 0 Å². The molecule has 1 aliphatic rings. The van der Waals surface area contributed by atoms with Crippen molar-refractivity contribution in [1.29, 1.82) is 0 Å². The molecule has 7 nitrogen and oxygen atoms in total. The molecule has 0 N–H and O–H groups in total. The van der Waals surface area contributed by atoms with Gasteiger partial charge in [-0.1, -0.05) is 12.1 Å². The average Bonchev–Trinajstić information content (AvgIpc) is 2.71. The van der Waals surface area contributed by atoms with E-state index in [1.165, 1.54) is 21.9 Å². The molecule has 1 aromatic rings. The van der Waals surface area contributed by atoms with Crippen LogP contribution in [0.25, 0.3) is 0 Å². The maximum Gasteiger partial charge on any atom is 0.410 e. The zero-order chi connectivity index (χ0) is 20.0. The second-order valence-electron chi connectivity index (χ2n) is 7.39. The van der Waals surface area contributed by atoms with Gasteiger partial charge in [-0.25, -0.2) is 9.18 Å². The van der Waals surface area contributed by atoms with E-state index in [-0.39, 0.29) is 44.5 Å². The highest BCUT2D eigenvalue weighted by atomic mass is 19.1. The number of carbonyl (C=O) groups excluding carboxylic acids is 3. The molecule has 0 spiro atoms. The Bertz CT molecular complexity index is 689. The minimum Gasteiger partial charge on any atom is -0.444 e. The summed E-state index contributed by atoms with van der Waals surface area (Å²) in [6.45, 7) is 5.35. The summed E-state index contributed by atoms with van der Waals surface area (Å²) in [6.07, 6.45) is -0.527. The van der Waals surface area contributed by atoms with Crippen molar-refractivity contribution in [3.05, 3.63) is 35.6 Å². The quantitative estimate of drug-likeness (QED) is 0.730. The molecule has 1 aromatic carbocycles. The van der Waals surface area contributed by atoms with E-state index < -0.39 is 17.8 Å². The average molecular weight is 380 g/mol. The van der Waals surface area contributed by atoms with E-state index in [4.69, 9.17) is 9.47 Å². The topological polar surface area (TPSA) is 76.2 Å². The van der Waals surface area contributed by atoms with Crippen molar-refractivity contribution in [3.63, 3.8) is 0 Å². The molecule has 148 valence electrons. The lowest BCUT2D eigenvalue weighted by Gasteiger charge is -2.27. The predicted octanol–water partition coefficient (Wildman–Crippen LogP) is 1.99. The van der Waals surface area contributed by atoms with E-state index >= 15 is 0 Å². The van der Waals surface area contributed by atoms with Gasteiger partial charge < -0.3 is 19.2 Å². The first-order valence-corrected chi connectivity index (χ1v) is 8.73. The number of carbonyl (C=O) groups is 3. The zero-order valence-electron chi connectivity index (χ0n) is 15.8. The van der Waals surface area contributed by atoms with Crippen LogP contribution in [-0.2, 0) is 25.7 Å². The molecule has 1 atom stereocenters. The van der Waals surface area contributed by atoms with Crippen molar-refractivity contribution in [1.82, 2.24) is 9.80 Å². The summed E-state index contributed by atoms with van der Waals surface area (Å²) in [4.78, 5) is 38.3. The van der Waals surface area contributed by atoms with Crippen LogP contribution in [0.3, 0.4) is 0 Å². The third-order valence-electron chi connectivity index (χ3n) is 3.85. The van der Waals surface area contributed by atoms with Gasteiger partial charge in [0.05, 0.1) is 25.8 Å². The molecule has 2 amide bonds. The zero-order valence-corrected chi connectivity index (χ0v) is 15.8. The molecular formula is C19H25FN2O5. The van der Waals surface area contributed by atoms with Crippen molar-refractivity contribution in [2.75, 3.05) is 26.2 Å². The molecule has 1 aliphatic heterocycles. The molecule has 1 saturated heterocycles. The second kappa shape index (κ2) is 8.94. The first-order valence-electron chi connectivity index (χ1n) is 8.73. The molecule has 1 heterocycles. The summed E-state index contributed by atoms with van der Waals surface area (Å²) < 4.78 is 24.5. The van der Waals surface area contributed by atoms with Crippen LogP contribution in [0.5, 0.6) is 0 Å². The Morgan fingerprint density at radius 2 is 2.07 bits per heavy atom. The Morgan fingerprint density at radius 1 is 1.33 bits per heavy atom. The van der Waals surface area contributed by atoms with Gasteiger partial charge in [0.1, 0.15) is 24.2 Å². The van der Waals surface area contributed by atoms with Crippen LogP contribution >= 0.6 is 0 Å². The van der Waals surface area contributed by atoms with Gasteiger partial charge in [0.2, 0.25) is 5.91 Å². The van der Waals surface area contributed by atoms with Gasteiger partial charge >= 0.3 is 6.09 Å². The Kier molecular flexibility index (Phi) is 6.90. The number of ether oxygens (including phenoxy) is 2. The Balaban J connectivity index is 2.10. The van der Waals surface area contributed by atoms with Gasteiger partial charge in [0.25, 0.3) is 0 Å². The Labute approximate surface area is 158 Å². The van der Waals surface area contributed by atoms with Crippen LogP contribution in [-0.4, -0.2) is 66.0 Å². The highest BCUT2D eigenvalue weighted by Gasteiger charge is 2.33. The Hall–Kier alpha value is -2.48. The summed E-state index contributed by atoms with van der Waals surface area (Å²) in [5.41, 5.74) is -0.0661. The summed E-state index contributed by atoms with van der Waals surface area (Å²) in [6, 6.07) is 6.00. The van der Waals surface area contributed by atoms with E-state index in [1.807, 2.05) is 0 Å². The van der Waals surface area contributed by atoms with Crippen molar-refractivity contribution >= 4 is 18.3 Å². The van der Waals surface area contributed by atoms with Gasteiger partial charge in [0.15, 0.2) is 0 Å². The molecule has 0 saturated carbocycles. The third-order valence-corrected chi connectivity index (χ3v) is 3.85. The first-order chi connectivity index (χ1) is 12.7. The summed E-state index contributed by atoms with van der Waals surface area (Å²) >= 11 is 0. The summed E-state index contributed by atoms with van der Waals surface area (Å²) in [5, 5.41) is 0. The van der Waals surface area contributed by atoms with Gasteiger partial charge in [-0.3, -0.25) is 9.69 Å². The van der Waals surface area contributed by atoms with Crippen LogP contribution in [0.2, 0.25) is 0 Å². The predicted molar refractivity (Wildman–Crippen MR) is 95.4 cm³/mol.